The van der Waals surface area contributed by atoms with Crippen LogP contribution in [0.2, 0.25) is 0 Å². The Kier molecular flexibility index (Phi) is 2.82. The molecule has 0 aromatic heterocycles. The monoisotopic (exact) mass is 254 g/mol. The summed E-state index contributed by atoms with van der Waals surface area (Å²) in [6.45, 7) is 8.22. The van der Waals surface area contributed by atoms with Gasteiger partial charge in [0.15, 0.2) is 5.79 Å². The van der Waals surface area contributed by atoms with Crippen molar-refractivity contribution in [2.45, 2.75) is 64.8 Å². The highest BCUT2D eigenvalue weighted by molar-refractivity contribution is 5.09. The fourth-order valence-electron chi connectivity index (χ4n) is 4.94. The topological polar surface area (TPSA) is 38.7 Å². The van der Waals surface area contributed by atoms with Gasteiger partial charge in [-0.25, -0.2) is 0 Å². The van der Waals surface area contributed by atoms with Crippen LogP contribution in [0, 0.1) is 16.7 Å². The number of aliphatic hydroxyl groups is 1. The molecule has 2 saturated carbocycles. The van der Waals surface area contributed by atoms with Crippen LogP contribution in [0.3, 0.4) is 0 Å². The van der Waals surface area contributed by atoms with Crippen molar-refractivity contribution in [3.8, 4) is 0 Å². The minimum Gasteiger partial charge on any atom is -0.393 e. The lowest BCUT2D eigenvalue weighted by Crippen LogP contribution is -2.62. The minimum atomic E-state index is -0.368. The second-order valence-electron chi connectivity index (χ2n) is 7.19. The predicted molar refractivity (Wildman–Crippen MR) is 69.1 cm³/mol. The molecule has 3 fully saturated rings. The maximum absolute atomic E-state index is 10.3. The molecule has 1 heterocycles. The molecule has 104 valence electrons. The third kappa shape index (κ3) is 1.47. The summed E-state index contributed by atoms with van der Waals surface area (Å²) >= 11 is 0. The molecule has 1 N–H and O–H groups in total. The Labute approximate surface area is 110 Å². The Morgan fingerprint density at radius 1 is 1.00 bits per heavy atom. The van der Waals surface area contributed by atoms with E-state index >= 15 is 0 Å². The minimum absolute atomic E-state index is 0.0320. The average Bonchev–Trinajstić information content (AvgIpc) is 2.78. The van der Waals surface area contributed by atoms with Crippen LogP contribution in [0.5, 0.6) is 0 Å². The fraction of sp³-hybridized carbons (Fsp3) is 1.00. The molecule has 3 rings (SSSR count). The van der Waals surface area contributed by atoms with Crippen molar-refractivity contribution < 1.29 is 14.6 Å². The highest BCUT2D eigenvalue weighted by Crippen LogP contribution is 2.63. The first-order valence-corrected chi connectivity index (χ1v) is 7.38. The molecule has 0 bridgehead atoms. The normalized spacial score (nSPS) is 46.0. The quantitative estimate of drug-likeness (QED) is 0.722. The number of fused-ring (bicyclic) bond motifs is 2. The van der Waals surface area contributed by atoms with Crippen LogP contribution in [0.15, 0.2) is 0 Å². The Morgan fingerprint density at radius 2 is 1.67 bits per heavy atom. The maximum Gasteiger partial charge on any atom is 0.174 e. The van der Waals surface area contributed by atoms with Crippen molar-refractivity contribution in [1.82, 2.24) is 0 Å². The van der Waals surface area contributed by atoms with Crippen molar-refractivity contribution in [2.24, 2.45) is 16.7 Å². The van der Waals surface area contributed by atoms with Gasteiger partial charge in [-0.05, 0) is 37.0 Å². The van der Waals surface area contributed by atoms with Gasteiger partial charge in [-0.15, -0.1) is 0 Å². The van der Waals surface area contributed by atoms with Crippen LogP contribution in [0.25, 0.3) is 0 Å². The molecule has 2 aliphatic carbocycles. The van der Waals surface area contributed by atoms with E-state index in [0.717, 1.165) is 38.9 Å². The molecule has 0 aromatic carbocycles. The maximum atomic E-state index is 10.3. The van der Waals surface area contributed by atoms with Crippen LogP contribution in [-0.2, 0) is 9.47 Å². The first-order chi connectivity index (χ1) is 8.42. The lowest BCUT2D eigenvalue weighted by molar-refractivity contribution is -0.299. The zero-order chi connectivity index (χ0) is 13.0. The second-order valence-corrected chi connectivity index (χ2v) is 7.19. The van der Waals surface area contributed by atoms with Gasteiger partial charge in [0.25, 0.3) is 0 Å². The molecular weight excluding hydrogens is 228 g/mol. The molecule has 3 heteroatoms. The zero-order valence-corrected chi connectivity index (χ0v) is 11.9. The third-order valence-electron chi connectivity index (χ3n) is 6.09. The van der Waals surface area contributed by atoms with Crippen molar-refractivity contribution >= 4 is 0 Å². The van der Waals surface area contributed by atoms with Crippen molar-refractivity contribution in [1.29, 1.82) is 0 Å². The van der Waals surface area contributed by atoms with E-state index in [1.165, 1.54) is 6.42 Å². The summed E-state index contributed by atoms with van der Waals surface area (Å²) in [5, 5.41) is 10.3. The van der Waals surface area contributed by atoms with Gasteiger partial charge in [0.1, 0.15) is 0 Å². The highest BCUT2D eigenvalue weighted by atomic mass is 16.7. The second kappa shape index (κ2) is 3.94. The number of ether oxygens (including phenoxy) is 2. The summed E-state index contributed by atoms with van der Waals surface area (Å²) in [6.07, 6.45) is 5.06. The van der Waals surface area contributed by atoms with E-state index in [1.54, 1.807) is 0 Å². The lowest BCUT2D eigenvalue weighted by atomic mass is 9.48. The van der Waals surface area contributed by atoms with E-state index < -0.39 is 0 Å². The molecule has 1 spiro atoms. The van der Waals surface area contributed by atoms with E-state index in [4.69, 9.17) is 9.47 Å². The van der Waals surface area contributed by atoms with Crippen molar-refractivity contribution in [3.63, 3.8) is 0 Å². The number of hydrogen-bond acceptors (Lipinski definition) is 3. The molecule has 0 aromatic rings. The van der Waals surface area contributed by atoms with Gasteiger partial charge >= 0.3 is 0 Å². The first kappa shape index (κ1) is 12.9. The van der Waals surface area contributed by atoms with Crippen molar-refractivity contribution in [3.05, 3.63) is 0 Å². The largest absolute Gasteiger partial charge is 0.393 e. The summed E-state index contributed by atoms with van der Waals surface area (Å²) in [6, 6.07) is 0. The van der Waals surface area contributed by atoms with E-state index in [0.29, 0.717) is 5.92 Å². The standard InChI is InChI=1S/C15H26O3/c1-13(2)11-5-4-7-15(17-9-10-18-15)14(11,3)8-6-12(13)16/h11-12,16H,4-10H2,1-3H3/t11-,12-,14-/m0/s1. The van der Waals surface area contributed by atoms with Crippen molar-refractivity contribution in [2.75, 3.05) is 13.2 Å². The van der Waals surface area contributed by atoms with Gasteiger partial charge in [-0.2, -0.15) is 0 Å². The van der Waals surface area contributed by atoms with Gasteiger partial charge in [0.2, 0.25) is 0 Å². The molecule has 3 aliphatic rings. The van der Waals surface area contributed by atoms with Gasteiger partial charge < -0.3 is 14.6 Å². The van der Waals surface area contributed by atoms with Crippen LogP contribution in [-0.4, -0.2) is 30.2 Å². The third-order valence-corrected chi connectivity index (χ3v) is 6.09. The Bertz CT molecular complexity index is 333. The Hall–Kier alpha value is -0.120. The van der Waals surface area contributed by atoms with Crippen LogP contribution >= 0.6 is 0 Å². The average molecular weight is 254 g/mol. The van der Waals surface area contributed by atoms with Gasteiger partial charge in [-0.3, -0.25) is 0 Å². The van der Waals surface area contributed by atoms with Crippen LogP contribution in [0.4, 0.5) is 0 Å². The summed E-state index contributed by atoms with van der Waals surface area (Å²) in [5.74, 6) is 0.119. The van der Waals surface area contributed by atoms with E-state index in [2.05, 4.69) is 20.8 Å². The number of hydrogen-bond donors (Lipinski definition) is 1. The summed E-state index contributed by atoms with van der Waals surface area (Å²) in [4.78, 5) is 0. The summed E-state index contributed by atoms with van der Waals surface area (Å²) in [7, 11) is 0. The molecule has 3 atom stereocenters. The molecule has 0 radical (unpaired) electrons. The van der Waals surface area contributed by atoms with Crippen LogP contribution in [0.1, 0.15) is 52.9 Å². The van der Waals surface area contributed by atoms with Crippen LogP contribution < -0.4 is 0 Å². The Morgan fingerprint density at radius 3 is 2.33 bits per heavy atom. The van der Waals surface area contributed by atoms with E-state index in [-0.39, 0.29) is 22.7 Å². The van der Waals surface area contributed by atoms with Gasteiger partial charge in [-0.1, -0.05) is 20.8 Å². The summed E-state index contributed by atoms with van der Waals surface area (Å²) < 4.78 is 12.2. The van der Waals surface area contributed by atoms with E-state index in [1.807, 2.05) is 0 Å². The number of aliphatic hydroxyl groups excluding tert-OH is 1. The summed E-state index contributed by atoms with van der Waals surface area (Å²) in [5.41, 5.74) is 0.0280. The van der Waals surface area contributed by atoms with Gasteiger partial charge in [0, 0.05) is 11.8 Å². The molecule has 0 unspecified atom stereocenters. The first-order valence-electron chi connectivity index (χ1n) is 7.38. The van der Waals surface area contributed by atoms with Gasteiger partial charge in [0.05, 0.1) is 19.3 Å². The lowest BCUT2D eigenvalue weighted by Gasteiger charge is -2.61. The predicted octanol–water partition coefficient (Wildman–Crippen LogP) is 2.72. The molecule has 1 aliphatic heterocycles. The van der Waals surface area contributed by atoms with E-state index in [9.17, 15) is 5.11 Å². The molecule has 1 saturated heterocycles. The molecule has 18 heavy (non-hydrogen) atoms. The molecule has 3 nitrogen and oxygen atoms in total. The number of rotatable bonds is 0. The smallest absolute Gasteiger partial charge is 0.174 e. The zero-order valence-electron chi connectivity index (χ0n) is 11.9. The molecule has 0 amide bonds. The SMILES string of the molecule is CC1(C)[C@@H](O)CC[C@@]2(C)[C@H]1CCCC21OCCO1. The fourth-order valence-corrected chi connectivity index (χ4v) is 4.94. The highest BCUT2D eigenvalue weighted by Gasteiger charge is 2.64. The Balaban J connectivity index is 1.99. The molecular formula is C15H26O3.